The predicted molar refractivity (Wildman–Crippen MR) is 86.2 cm³/mol. The van der Waals surface area contributed by atoms with Crippen LogP contribution in [0.3, 0.4) is 0 Å². The smallest absolute Gasteiger partial charge is 0.263 e. The Balaban J connectivity index is 1.60. The number of carbonyl (C=O) groups excluding carboxylic acids is 2. The van der Waals surface area contributed by atoms with Crippen LogP contribution in [0.1, 0.15) is 16.1 Å². The van der Waals surface area contributed by atoms with Crippen LogP contribution >= 0.6 is 11.3 Å². The van der Waals surface area contributed by atoms with Gasteiger partial charge < -0.3 is 15.1 Å². The molecule has 2 amide bonds. The molecule has 2 N–H and O–H groups in total. The lowest BCUT2D eigenvalue weighted by Crippen LogP contribution is -2.39. The molecule has 1 aliphatic heterocycles. The topological polar surface area (TPSA) is 84.2 Å². The number of hydrogen-bond donors (Lipinski definition) is 2. The molecule has 2 aromatic heterocycles. The molecule has 3 aromatic rings. The monoisotopic (exact) mass is 327 g/mol. The number of aromatic nitrogens is 1. The highest BCUT2D eigenvalue weighted by Gasteiger charge is 2.26. The van der Waals surface area contributed by atoms with Crippen LogP contribution < -0.4 is 10.6 Å². The zero-order valence-corrected chi connectivity index (χ0v) is 12.9. The van der Waals surface area contributed by atoms with Crippen molar-refractivity contribution in [2.75, 3.05) is 6.54 Å². The average Bonchev–Trinajstić information content (AvgIpc) is 3.27. The molecule has 1 atom stereocenters. The minimum atomic E-state index is -0.457. The first-order valence-corrected chi connectivity index (χ1v) is 8.05. The van der Waals surface area contributed by atoms with E-state index in [0.717, 1.165) is 16.5 Å². The molecule has 0 unspecified atom stereocenters. The molecular formula is C16H13N3O3S. The zero-order valence-electron chi connectivity index (χ0n) is 12.0. The summed E-state index contributed by atoms with van der Waals surface area (Å²) in [7, 11) is 0. The molecule has 3 heterocycles. The molecule has 1 saturated heterocycles. The lowest BCUT2D eigenvalue weighted by molar-refractivity contribution is -0.120. The van der Waals surface area contributed by atoms with Gasteiger partial charge in [-0.25, -0.2) is 4.98 Å². The summed E-state index contributed by atoms with van der Waals surface area (Å²) in [6, 6.07) is 7.23. The highest BCUT2D eigenvalue weighted by Crippen LogP contribution is 2.32. The van der Waals surface area contributed by atoms with Gasteiger partial charge in [0.25, 0.3) is 5.91 Å². The van der Waals surface area contributed by atoms with Gasteiger partial charge in [-0.15, -0.1) is 11.3 Å². The average molecular weight is 327 g/mol. The Morgan fingerprint density at radius 3 is 3.13 bits per heavy atom. The molecule has 116 valence electrons. The van der Waals surface area contributed by atoms with Crippen LogP contribution in [-0.4, -0.2) is 29.4 Å². The third kappa shape index (κ3) is 2.49. The van der Waals surface area contributed by atoms with Gasteiger partial charge >= 0.3 is 0 Å². The Bertz CT molecular complexity index is 899. The Labute approximate surface area is 135 Å². The predicted octanol–water partition coefficient (Wildman–Crippen LogP) is 2.17. The molecule has 0 spiro atoms. The minimum absolute atomic E-state index is 0.136. The number of para-hydroxylation sites is 1. The number of carbonyl (C=O) groups is 2. The van der Waals surface area contributed by atoms with Crippen molar-refractivity contribution in [2.24, 2.45) is 0 Å². The standard InChI is InChI=1S/C16H13N3O3S/c20-14-11(4-6-17-14)19-15(21)12-8-18-16(23-12)10-3-1-2-9-5-7-22-13(9)10/h1-3,5,7-8,11H,4,6H2,(H,17,20)(H,19,21)/t11-/m0/s1. The van der Waals surface area contributed by atoms with E-state index in [-0.39, 0.29) is 11.8 Å². The van der Waals surface area contributed by atoms with E-state index in [1.807, 2.05) is 24.3 Å². The molecule has 0 bridgehead atoms. The number of nitrogens with one attached hydrogen (secondary N) is 2. The number of fused-ring (bicyclic) bond motifs is 1. The molecular weight excluding hydrogens is 314 g/mol. The largest absolute Gasteiger partial charge is 0.464 e. The summed E-state index contributed by atoms with van der Waals surface area (Å²) in [6.07, 6.45) is 3.78. The summed E-state index contributed by atoms with van der Waals surface area (Å²) in [4.78, 5) is 28.6. The maximum absolute atomic E-state index is 12.3. The fourth-order valence-electron chi connectivity index (χ4n) is 2.63. The van der Waals surface area contributed by atoms with Crippen LogP contribution in [0.4, 0.5) is 0 Å². The minimum Gasteiger partial charge on any atom is -0.464 e. The summed E-state index contributed by atoms with van der Waals surface area (Å²) in [5.41, 5.74) is 1.61. The molecule has 23 heavy (non-hydrogen) atoms. The van der Waals surface area contributed by atoms with Crippen molar-refractivity contribution < 1.29 is 14.0 Å². The van der Waals surface area contributed by atoms with E-state index in [4.69, 9.17) is 4.42 Å². The number of nitrogens with zero attached hydrogens (tertiary/aromatic N) is 1. The van der Waals surface area contributed by atoms with Gasteiger partial charge in [0.1, 0.15) is 21.5 Å². The fraction of sp³-hybridized carbons (Fsp3) is 0.188. The number of furan rings is 1. The molecule has 6 nitrogen and oxygen atoms in total. The quantitative estimate of drug-likeness (QED) is 0.772. The van der Waals surface area contributed by atoms with Crippen LogP contribution in [0.5, 0.6) is 0 Å². The zero-order chi connectivity index (χ0) is 15.8. The van der Waals surface area contributed by atoms with Crippen LogP contribution in [0.15, 0.2) is 41.1 Å². The first-order chi connectivity index (χ1) is 11.2. The molecule has 7 heteroatoms. The third-order valence-electron chi connectivity index (χ3n) is 3.79. The summed E-state index contributed by atoms with van der Waals surface area (Å²) >= 11 is 1.28. The number of amides is 2. The molecule has 4 rings (SSSR count). The van der Waals surface area contributed by atoms with Gasteiger partial charge in [0.05, 0.1) is 18.0 Å². The van der Waals surface area contributed by atoms with Crippen molar-refractivity contribution in [1.29, 1.82) is 0 Å². The first kappa shape index (κ1) is 14.0. The van der Waals surface area contributed by atoms with Crippen molar-refractivity contribution in [2.45, 2.75) is 12.5 Å². The Hall–Kier alpha value is -2.67. The van der Waals surface area contributed by atoms with E-state index in [0.29, 0.717) is 22.9 Å². The van der Waals surface area contributed by atoms with E-state index >= 15 is 0 Å². The van der Waals surface area contributed by atoms with Crippen LogP contribution in [0, 0.1) is 0 Å². The Kier molecular flexibility index (Phi) is 3.34. The van der Waals surface area contributed by atoms with Crippen LogP contribution in [0.2, 0.25) is 0 Å². The molecule has 1 aliphatic rings. The summed E-state index contributed by atoms with van der Waals surface area (Å²) < 4.78 is 5.51. The summed E-state index contributed by atoms with van der Waals surface area (Å²) in [5.74, 6) is -0.411. The van der Waals surface area contributed by atoms with Crippen molar-refractivity contribution in [3.05, 3.63) is 41.6 Å². The molecule has 0 saturated carbocycles. The van der Waals surface area contributed by atoms with Gasteiger partial charge in [0.2, 0.25) is 5.91 Å². The van der Waals surface area contributed by atoms with Crippen LogP contribution in [-0.2, 0) is 4.79 Å². The summed E-state index contributed by atoms with van der Waals surface area (Å²) in [5, 5.41) is 7.14. The lowest BCUT2D eigenvalue weighted by atomic mass is 10.2. The SMILES string of the molecule is O=C(N[C@H]1CCNC1=O)c1cnc(-c2cccc3ccoc23)s1. The van der Waals surface area contributed by atoms with Crippen molar-refractivity contribution in [3.63, 3.8) is 0 Å². The van der Waals surface area contributed by atoms with Crippen molar-refractivity contribution >= 4 is 34.1 Å². The van der Waals surface area contributed by atoms with Gasteiger partial charge in [-0.05, 0) is 18.6 Å². The summed E-state index contributed by atoms with van der Waals surface area (Å²) in [6.45, 7) is 0.595. The molecule has 0 aliphatic carbocycles. The highest BCUT2D eigenvalue weighted by atomic mass is 32.1. The van der Waals surface area contributed by atoms with E-state index in [2.05, 4.69) is 15.6 Å². The number of hydrogen-bond acceptors (Lipinski definition) is 5. The molecule has 1 aromatic carbocycles. The van der Waals surface area contributed by atoms with E-state index in [9.17, 15) is 9.59 Å². The first-order valence-electron chi connectivity index (χ1n) is 7.23. The van der Waals surface area contributed by atoms with E-state index < -0.39 is 6.04 Å². The molecule has 1 fully saturated rings. The Morgan fingerprint density at radius 2 is 2.30 bits per heavy atom. The lowest BCUT2D eigenvalue weighted by Gasteiger charge is -2.07. The normalized spacial score (nSPS) is 17.4. The van der Waals surface area contributed by atoms with Gasteiger partial charge in [0.15, 0.2) is 0 Å². The highest BCUT2D eigenvalue weighted by molar-refractivity contribution is 7.17. The van der Waals surface area contributed by atoms with Gasteiger partial charge in [0, 0.05) is 11.9 Å². The van der Waals surface area contributed by atoms with Gasteiger partial charge in [-0.3, -0.25) is 9.59 Å². The fourth-order valence-corrected chi connectivity index (χ4v) is 3.47. The van der Waals surface area contributed by atoms with Gasteiger partial charge in [-0.2, -0.15) is 0 Å². The van der Waals surface area contributed by atoms with E-state index in [1.54, 1.807) is 6.26 Å². The van der Waals surface area contributed by atoms with Crippen molar-refractivity contribution in [1.82, 2.24) is 15.6 Å². The van der Waals surface area contributed by atoms with Crippen LogP contribution in [0.25, 0.3) is 21.5 Å². The third-order valence-corrected chi connectivity index (χ3v) is 4.82. The number of rotatable bonds is 3. The number of benzene rings is 1. The number of thiazole rings is 1. The maximum Gasteiger partial charge on any atom is 0.263 e. The molecule has 0 radical (unpaired) electrons. The van der Waals surface area contributed by atoms with Crippen molar-refractivity contribution in [3.8, 4) is 10.6 Å². The maximum atomic E-state index is 12.3. The van der Waals surface area contributed by atoms with Gasteiger partial charge in [-0.1, -0.05) is 12.1 Å². The second-order valence-electron chi connectivity index (χ2n) is 5.28. The Morgan fingerprint density at radius 1 is 1.39 bits per heavy atom. The van der Waals surface area contributed by atoms with E-state index in [1.165, 1.54) is 17.5 Å². The second kappa shape index (κ2) is 5.51. The second-order valence-corrected chi connectivity index (χ2v) is 6.31.